The van der Waals surface area contributed by atoms with Crippen molar-refractivity contribution in [3.8, 4) is 0 Å². The minimum atomic E-state index is -0.0732. The number of anilines is 1. The lowest BCUT2D eigenvalue weighted by Gasteiger charge is -2.09. The van der Waals surface area contributed by atoms with E-state index in [2.05, 4.69) is 5.32 Å². The number of hydrogen-bond donors (Lipinski definition) is 2. The molecule has 0 atom stereocenters. The van der Waals surface area contributed by atoms with Crippen molar-refractivity contribution in [1.29, 1.82) is 0 Å². The van der Waals surface area contributed by atoms with Gasteiger partial charge in [-0.15, -0.1) is 12.4 Å². The Morgan fingerprint density at radius 2 is 2.10 bits per heavy atom. The van der Waals surface area contributed by atoms with Crippen molar-refractivity contribution in [1.82, 2.24) is 0 Å². The van der Waals surface area contributed by atoms with E-state index in [1.807, 2.05) is 38.1 Å². The van der Waals surface area contributed by atoms with E-state index >= 15 is 0 Å². The zero-order chi connectivity index (χ0) is 14.8. The molecule has 1 amide bonds. The van der Waals surface area contributed by atoms with Crippen LogP contribution in [0.15, 0.2) is 24.3 Å². The topological polar surface area (TPSA) is 73.6 Å². The first-order valence-corrected chi connectivity index (χ1v) is 6.90. The Hall–Kier alpha value is -1.14. The molecule has 21 heavy (non-hydrogen) atoms. The molecule has 0 saturated heterocycles. The monoisotopic (exact) mass is 316 g/mol. The molecule has 1 rings (SSSR count). The van der Waals surface area contributed by atoms with Gasteiger partial charge in [-0.05, 0) is 31.5 Å². The average Bonchev–Trinajstić information content (AvgIpc) is 2.38. The van der Waals surface area contributed by atoms with Crippen LogP contribution in [-0.2, 0) is 20.9 Å². The Bertz CT molecular complexity index is 414. The van der Waals surface area contributed by atoms with Gasteiger partial charge in [-0.1, -0.05) is 12.1 Å². The minimum Gasteiger partial charge on any atom is -0.376 e. The largest absolute Gasteiger partial charge is 0.376 e. The lowest BCUT2D eigenvalue weighted by Crippen LogP contribution is -2.16. The SMILES string of the molecule is CC(C)OCCOCc1cccc(NC(=O)CCN)c1.Cl. The van der Waals surface area contributed by atoms with Gasteiger partial charge >= 0.3 is 0 Å². The summed E-state index contributed by atoms with van der Waals surface area (Å²) in [6.45, 7) is 5.99. The Morgan fingerprint density at radius 3 is 2.76 bits per heavy atom. The molecule has 5 nitrogen and oxygen atoms in total. The zero-order valence-electron chi connectivity index (χ0n) is 12.6. The van der Waals surface area contributed by atoms with Crippen molar-refractivity contribution in [2.24, 2.45) is 5.73 Å². The summed E-state index contributed by atoms with van der Waals surface area (Å²) in [5.41, 5.74) is 7.12. The van der Waals surface area contributed by atoms with Crippen LogP contribution in [0, 0.1) is 0 Å². The fourth-order valence-electron chi connectivity index (χ4n) is 1.63. The number of benzene rings is 1. The third-order valence-corrected chi connectivity index (χ3v) is 2.53. The van der Waals surface area contributed by atoms with Gasteiger partial charge in [0.1, 0.15) is 0 Å². The summed E-state index contributed by atoms with van der Waals surface area (Å²) in [6.07, 6.45) is 0.549. The van der Waals surface area contributed by atoms with Gasteiger partial charge in [-0.3, -0.25) is 4.79 Å². The van der Waals surface area contributed by atoms with Crippen LogP contribution in [0.1, 0.15) is 25.8 Å². The van der Waals surface area contributed by atoms with E-state index < -0.39 is 0 Å². The predicted octanol–water partition coefficient (Wildman–Crippen LogP) is 2.34. The van der Waals surface area contributed by atoms with Gasteiger partial charge in [0, 0.05) is 18.7 Å². The molecule has 0 unspecified atom stereocenters. The predicted molar refractivity (Wildman–Crippen MR) is 86.7 cm³/mol. The summed E-state index contributed by atoms with van der Waals surface area (Å²) in [5.74, 6) is -0.0732. The number of hydrogen-bond acceptors (Lipinski definition) is 4. The summed E-state index contributed by atoms with van der Waals surface area (Å²) < 4.78 is 10.9. The smallest absolute Gasteiger partial charge is 0.225 e. The highest BCUT2D eigenvalue weighted by Gasteiger charge is 2.02. The lowest BCUT2D eigenvalue weighted by atomic mass is 10.2. The third kappa shape index (κ3) is 9.42. The molecule has 0 radical (unpaired) electrons. The molecule has 6 heteroatoms. The van der Waals surface area contributed by atoms with E-state index in [-0.39, 0.29) is 24.4 Å². The molecule has 1 aromatic carbocycles. The first-order chi connectivity index (χ1) is 9.61. The summed E-state index contributed by atoms with van der Waals surface area (Å²) in [5, 5.41) is 2.80. The highest BCUT2D eigenvalue weighted by molar-refractivity contribution is 5.90. The van der Waals surface area contributed by atoms with Gasteiger partial charge < -0.3 is 20.5 Å². The van der Waals surface area contributed by atoms with Gasteiger partial charge in [0.2, 0.25) is 5.91 Å². The molecule has 0 heterocycles. The number of nitrogens with two attached hydrogens (primary N) is 1. The summed E-state index contributed by atoms with van der Waals surface area (Å²) in [7, 11) is 0. The van der Waals surface area contributed by atoms with Crippen molar-refractivity contribution in [3.05, 3.63) is 29.8 Å². The van der Waals surface area contributed by atoms with Crippen molar-refractivity contribution >= 4 is 24.0 Å². The molecule has 0 spiro atoms. The van der Waals surface area contributed by atoms with Crippen LogP contribution >= 0.6 is 12.4 Å². The molecule has 0 bridgehead atoms. The summed E-state index contributed by atoms with van der Waals surface area (Å²) in [6, 6.07) is 7.60. The molecule has 0 aliphatic rings. The van der Waals surface area contributed by atoms with Crippen molar-refractivity contribution < 1.29 is 14.3 Å². The average molecular weight is 317 g/mol. The second-order valence-corrected chi connectivity index (χ2v) is 4.76. The molecule has 3 N–H and O–H groups in total. The van der Waals surface area contributed by atoms with Crippen LogP contribution in [0.3, 0.4) is 0 Å². The maximum atomic E-state index is 11.4. The van der Waals surface area contributed by atoms with Crippen LogP contribution in [0.2, 0.25) is 0 Å². The Morgan fingerprint density at radius 1 is 1.33 bits per heavy atom. The third-order valence-electron chi connectivity index (χ3n) is 2.53. The zero-order valence-corrected chi connectivity index (χ0v) is 13.4. The molecular weight excluding hydrogens is 292 g/mol. The molecular formula is C15H25ClN2O3. The van der Waals surface area contributed by atoms with Crippen molar-refractivity contribution in [3.63, 3.8) is 0 Å². The number of rotatable bonds is 9. The Kier molecular flexibility index (Phi) is 10.9. The first-order valence-electron chi connectivity index (χ1n) is 6.90. The molecule has 0 aromatic heterocycles. The summed E-state index contributed by atoms with van der Waals surface area (Å²) >= 11 is 0. The Balaban J connectivity index is 0.00000400. The molecule has 0 aliphatic heterocycles. The van der Waals surface area contributed by atoms with Gasteiger partial charge in [0.05, 0.1) is 25.9 Å². The minimum absolute atomic E-state index is 0. The number of amides is 1. The van der Waals surface area contributed by atoms with Gasteiger partial charge in [-0.25, -0.2) is 0 Å². The molecule has 0 aliphatic carbocycles. The maximum Gasteiger partial charge on any atom is 0.225 e. The normalized spacial score (nSPS) is 10.3. The van der Waals surface area contributed by atoms with E-state index in [9.17, 15) is 4.79 Å². The van der Waals surface area contributed by atoms with Crippen LogP contribution in [0.4, 0.5) is 5.69 Å². The van der Waals surface area contributed by atoms with Gasteiger partial charge in [0.15, 0.2) is 0 Å². The van der Waals surface area contributed by atoms with Crippen LogP contribution < -0.4 is 11.1 Å². The van der Waals surface area contributed by atoms with Gasteiger partial charge in [-0.2, -0.15) is 0 Å². The summed E-state index contributed by atoms with van der Waals surface area (Å²) in [4.78, 5) is 11.4. The van der Waals surface area contributed by atoms with E-state index in [0.29, 0.717) is 32.8 Å². The van der Waals surface area contributed by atoms with E-state index in [4.69, 9.17) is 15.2 Å². The van der Waals surface area contributed by atoms with Crippen molar-refractivity contribution in [2.45, 2.75) is 33.0 Å². The first kappa shape index (κ1) is 19.9. The van der Waals surface area contributed by atoms with E-state index in [0.717, 1.165) is 11.3 Å². The number of nitrogens with one attached hydrogen (secondary N) is 1. The highest BCUT2D eigenvalue weighted by atomic mass is 35.5. The Labute approximate surface area is 132 Å². The molecule has 1 aromatic rings. The number of ether oxygens (including phenoxy) is 2. The van der Waals surface area contributed by atoms with Crippen LogP contribution in [0.5, 0.6) is 0 Å². The standard InChI is InChI=1S/C15H24N2O3.ClH/c1-12(2)20-9-8-19-11-13-4-3-5-14(10-13)17-15(18)6-7-16;/h3-5,10,12H,6-9,11,16H2,1-2H3,(H,17,18);1H. The number of carbonyl (C=O) groups excluding carboxylic acids is 1. The van der Waals surface area contributed by atoms with Crippen molar-refractivity contribution in [2.75, 3.05) is 25.1 Å². The van der Waals surface area contributed by atoms with Crippen LogP contribution in [0.25, 0.3) is 0 Å². The maximum absolute atomic E-state index is 11.4. The second-order valence-electron chi connectivity index (χ2n) is 4.76. The molecule has 120 valence electrons. The second kappa shape index (κ2) is 11.5. The fourth-order valence-corrected chi connectivity index (χ4v) is 1.63. The highest BCUT2D eigenvalue weighted by Crippen LogP contribution is 2.11. The van der Waals surface area contributed by atoms with E-state index in [1.165, 1.54) is 0 Å². The van der Waals surface area contributed by atoms with Gasteiger partial charge in [0.25, 0.3) is 0 Å². The quantitative estimate of drug-likeness (QED) is 0.686. The molecule has 0 fully saturated rings. The van der Waals surface area contributed by atoms with Crippen LogP contribution in [-0.4, -0.2) is 31.8 Å². The number of carbonyl (C=O) groups is 1. The van der Waals surface area contributed by atoms with E-state index in [1.54, 1.807) is 0 Å². The fraction of sp³-hybridized carbons (Fsp3) is 0.533. The molecule has 0 saturated carbocycles. The lowest BCUT2D eigenvalue weighted by molar-refractivity contribution is -0.116. The number of halogens is 1.